The van der Waals surface area contributed by atoms with Gasteiger partial charge >= 0.3 is 17.9 Å². The summed E-state index contributed by atoms with van der Waals surface area (Å²) >= 11 is 0. The Balaban J connectivity index is 4.01. The minimum atomic E-state index is -0.771. The lowest BCUT2D eigenvalue weighted by atomic mass is 10.0. The van der Waals surface area contributed by atoms with Crippen molar-refractivity contribution in [1.82, 2.24) is 0 Å². The molecule has 0 aromatic heterocycles. The van der Waals surface area contributed by atoms with Gasteiger partial charge in [-0.25, -0.2) is 0 Å². The van der Waals surface area contributed by atoms with Crippen LogP contribution >= 0.6 is 0 Å². The molecular weight excluding hydrogens is 805 g/mol. The van der Waals surface area contributed by atoms with Crippen LogP contribution in [0.4, 0.5) is 0 Å². The van der Waals surface area contributed by atoms with Crippen LogP contribution in [0.25, 0.3) is 0 Å². The second kappa shape index (κ2) is 54.0. The van der Waals surface area contributed by atoms with E-state index in [4.69, 9.17) is 14.2 Å². The van der Waals surface area contributed by atoms with Crippen LogP contribution in [0.3, 0.4) is 0 Å². The predicted molar refractivity (Wildman–Crippen MR) is 279 cm³/mol. The Hall–Kier alpha value is -2.63. The molecule has 0 saturated carbocycles. The van der Waals surface area contributed by atoms with Gasteiger partial charge in [0.05, 0.1) is 0 Å². The fourth-order valence-corrected chi connectivity index (χ4v) is 8.03. The number of carbonyl (C=O) groups is 3. The maximum Gasteiger partial charge on any atom is 0.306 e. The molecule has 0 spiro atoms. The summed E-state index contributed by atoms with van der Waals surface area (Å²) in [7, 11) is 0. The molecule has 0 N–H and O–H groups in total. The third-order valence-electron chi connectivity index (χ3n) is 12.3. The molecule has 0 amide bonds. The number of unbranched alkanes of at least 4 members (excludes halogenated alkanes) is 32. The normalized spacial score (nSPS) is 12.4. The zero-order chi connectivity index (χ0) is 47.2. The number of ether oxygens (including phenoxy) is 3. The van der Waals surface area contributed by atoms with E-state index >= 15 is 0 Å². The maximum absolute atomic E-state index is 12.7. The minimum absolute atomic E-state index is 0.0747. The average molecular weight is 911 g/mol. The van der Waals surface area contributed by atoms with Crippen molar-refractivity contribution in [3.8, 4) is 0 Å². The van der Waals surface area contributed by atoms with Gasteiger partial charge in [0.1, 0.15) is 13.2 Å². The molecule has 0 rings (SSSR count). The monoisotopic (exact) mass is 911 g/mol. The van der Waals surface area contributed by atoms with Crippen molar-refractivity contribution in [2.45, 2.75) is 297 Å². The molecule has 378 valence electrons. The first-order valence-electron chi connectivity index (χ1n) is 28.1. The van der Waals surface area contributed by atoms with Crippen LogP contribution in [0, 0.1) is 0 Å². The number of allylic oxidation sites excluding steroid dienone is 8. The van der Waals surface area contributed by atoms with Crippen LogP contribution < -0.4 is 0 Å². The summed E-state index contributed by atoms with van der Waals surface area (Å²) < 4.78 is 16.7. The Labute approximate surface area is 403 Å². The first-order chi connectivity index (χ1) is 32.0. The molecule has 0 aliphatic heterocycles. The largest absolute Gasteiger partial charge is 0.462 e. The second-order valence-corrected chi connectivity index (χ2v) is 18.8. The van der Waals surface area contributed by atoms with Crippen molar-refractivity contribution in [1.29, 1.82) is 0 Å². The van der Waals surface area contributed by atoms with Crippen LogP contribution in [0.5, 0.6) is 0 Å². The van der Waals surface area contributed by atoms with Crippen molar-refractivity contribution in [2.24, 2.45) is 0 Å². The molecule has 6 heteroatoms. The standard InChI is InChI=1S/C59H106O6/c1-4-7-10-13-16-18-20-22-23-24-25-26-27-28-29-30-31-32-33-34-35-36-37-38-40-41-43-46-49-52-58(61)64-55-56(54-63-57(60)51-48-45-15-12-9-6-3)65-59(62)53-50-47-44-42-39-21-19-17-14-11-8-5-2/h17,19-20,22,24-25,27-28,56H,4-16,18,21,23,26,29-55H2,1-3H3/b19-17-,22-20-,25-24-,28-27-. The van der Waals surface area contributed by atoms with E-state index in [0.717, 1.165) is 83.5 Å². The molecule has 6 nitrogen and oxygen atoms in total. The van der Waals surface area contributed by atoms with Gasteiger partial charge in [-0.2, -0.15) is 0 Å². The van der Waals surface area contributed by atoms with Gasteiger partial charge in [0.2, 0.25) is 0 Å². The van der Waals surface area contributed by atoms with E-state index in [0.29, 0.717) is 19.3 Å². The van der Waals surface area contributed by atoms with Gasteiger partial charge in [0.25, 0.3) is 0 Å². The molecule has 1 atom stereocenters. The molecule has 0 fully saturated rings. The van der Waals surface area contributed by atoms with E-state index in [1.54, 1.807) is 0 Å². The van der Waals surface area contributed by atoms with Crippen LogP contribution in [0.1, 0.15) is 290 Å². The van der Waals surface area contributed by atoms with Crippen LogP contribution in [0.2, 0.25) is 0 Å². The van der Waals surface area contributed by atoms with E-state index in [-0.39, 0.29) is 31.1 Å². The van der Waals surface area contributed by atoms with Crippen LogP contribution in [-0.4, -0.2) is 37.2 Å². The first-order valence-corrected chi connectivity index (χ1v) is 28.1. The quantitative estimate of drug-likeness (QED) is 0.0262. The summed E-state index contributed by atoms with van der Waals surface area (Å²) in [5.74, 6) is -0.887. The number of hydrogen-bond donors (Lipinski definition) is 0. The van der Waals surface area contributed by atoms with E-state index in [2.05, 4.69) is 69.4 Å². The third kappa shape index (κ3) is 52.2. The van der Waals surface area contributed by atoms with Crippen LogP contribution in [-0.2, 0) is 28.6 Å². The lowest BCUT2D eigenvalue weighted by Gasteiger charge is -2.18. The van der Waals surface area contributed by atoms with E-state index in [9.17, 15) is 14.4 Å². The molecule has 0 bridgehead atoms. The maximum atomic E-state index is 12.7. The first kappa shape index (κ1) is 62.4. The number of esters is 3. The zero-order valence-electron chi connectivity index (χ0n) is 43.3. The van der Waals surface area contributed by atoms with E-state index < -0.39 is 6.10 Å². The smallest absolute Gasteiger partial charge is 0.306 e. The van der Waals surface area contributed by atoms with Gasteiger partial charge in [0, 0.05) is 19.3 Å². The zero-order valence-corrected chi connectivity index (χ0v) is 43.3. The molecule has 0 radical (unpaired) electrons. The summed E-state index contributed by atoms with van der Waals surface area (Å²) in [6.07, 6.45) is 65.7. The molecule has 0 aliphatic carbocycles. The fourth-order valence-electron chi connectivity index (χ4n) is 8.03. The number of hydrogen-bond acceptors (Lipinski definition) is 6. The highest BCUT2D eigenvalue weighted by Crippen LogP contribution is 2.16. The second-order valence-electron chi connectivity index (χ2n) is 18.8. The van der Waals surface area contributed by atoms with Gasteiger partial charge in [0.15, 0.2) is 6.10 Å². The molecule has 65 heavy (non-hydrogen) atoms. The Morgan fingerprint density at radius 2 is 0.554 bits per heavy atom. The summed E-state index contributed by atoms with van der Waals surface area (Å²) in [6.45, 7) is 6.55. The highest BCUT2D eigenvalue weighted by Gasteiger charge is 2.19. The van der Waals surface area contributed by atoms with E-state index in [1.165, 1.54) is 167 Å². The Kier molecular flexibility index (Phi) is 51.8. The van der Waals surface area contributed by atoms with Crippen LogP contribution in [0.15, 0.2) is 48.6 Å². The number of rotatable bonds is 51. The Morgan fingerprint density at radius 3 is 0.908 bits per heavy atom. The predicted octanol–water partition coefficient (Wildman–Crippen LogP) is 18.7. The van der Waals surface area contributed by atoms with E-state index in [1.807, 2.05) is 0 Å². The number of carbonyl (C=O) groups excluding carboxylic acids is 3. The summed E-state index contributed by atoms with van der Waals surface area (Å²) in [5.41, 5.74) is 0. The summed E-state index contributed by atoms with van der Waals surface area (Å²) in [6, 6.07) is 0. The Bertz CT molecular complexity index is 1140. The lowest BCUT2D eigenvalue weighted by Crippen LogP contribution is -2.30. The van der Waals surface area contributed by atoms with Gasteiger partial charge in [-0.05, 0) is 83.5 Å². The van der Waals surface area contributed by atoms with Gasteiger partial charge in [-0.3, -0.25) is 14.4 Å². The average Bonchev–Trinajstić information content (AvgIpc) is 3.30. The molecule has 0 aromatic carbocycles. The molecule has 0 aromatic rings. The summed E-state index contributed by atoms with van der Waals surface area (Å²) in [4.78, 5) is 37.7. The fraction of sp³-hybridized carbons (Fsp3) is 0.814. The lowest BCUT2D eigenvalue weighted by molar-refractivity contribution is -0.167. The van der Waals surface area contributed by atoms with Gasteiger partial charge < -0.3 is 14.2 Å². The van der Waals surface area contributed by atoms with Crippen molar-refractivity contribution < 1.29 is 28.6 Å². The van der Waals surface area contributed by atoms with Crippen molar-refractivity contribution in [3.05, 3.63) is 48.6 Å². The summed E-state index contributed by atoms with van der Waals surface area (Å²) in [5, 5.41) is 0. The molecule has 0 heterocycles. The van der Waals surface area contributed by atoms with Crippen molar-refractivity contribution in [2.75, 3.05) is 13.2 Å². The SMILES string of the molecule is CCCCC/C=C\CCCCCCCC(=O)OC(COC(=O)CCCCCCCC)COC(=O)CCCCCCCCCCCCCCCC/C=C\C/C=C\C/C=C\CCCCCCC. The van der Waals surface area contributed by atoms with Gasteiger partial charge in [-0.1, -0.05) is 236 Å². The topological polar surface area (TPSA) is 78.9 Å². The Morgan fingerprint density at radius 1 is 0.308 bits per heavy atom. The third-order valence-corrected chi connectivity index (χ3v) is 12.3. The highest BCUT2D eigenvalue weighted by atomic mass is 16.6. The highest BCUT2D eigenvalue weighted by molar-refractivity contribution is 5.71. The molecule has 1 unspecified atom stereocenters. The molecule has 0 saturated heterocycles. The van der Waals surface area contributed by atoms with Crippen molar-refractivity contribution in [3.63, 3.8) is 0 Å². The molecular formula is C59H106O6. The van der Waals surface area contributed by atoms with Gasteiger partial charge in [-0.15, -0.1) is 0 Å². The van der Waals surface area contributed by atoms with Crippen molar-refractivity contribution >= 4 is 17.9 Å². The minimum Gasteiger partial charge on any atom is -0.462 e. The molecule has 0 aliphatic rings.